The number of anilines is 1. The van der Waals surface area contributed by atoms with Crippen molar-refractivity contribution in [3.8, 4) is 0 Å². The smallest absolute Gasteiger partial charge is 0.418 e. The quantitative estimate of drug-likeness (QED) is 0.368. The lowest BCUT2D eigenvalue weighted by Gasteiger charge is -2.22. The summed E-state index contributed by atoms with van der Waals surface area (Å²) in [6.45, 7) is 4.37. The Hall–Kier alpha value is -2.58. The van der Waals surface area contributed by atoms with Gasteiger partial charge in [0.1, 0.15) is 6.29 Å². The molecular weight excluding hydrogens is 481 g/mol. The summed E-state index contributed by atoms with van der Waals surface area (Å²) >= 11 is 5.95. The molecule has 1 saturated carbocycles. The average Bonchev–Trinajstić information content (AvgIpc) is 2.84. The lowest BCUT2D eigenvalue weighted by atomic mass is 9.83. The van der Waals surface area contributed by atoms with E-state index in [9.17, 15) is 22.8 Å². The number of halogens is 4. The van der Waals surface area contributed by atoms with Gasteiger partial charge in [-0.25, -0.2) is 0 Å². The minimum Gasteiger partial charge on any atom is -0.481 e. The molecule has 0 amide bonds. The second-order valence-corrected chi connectivity index (χ2v) is 8.77. The Morgan fingerprint density at radius 2 is 1.74 bits per heavy atom. The molecular formula is C26H34ClF3N2O3. The molecule has 194 valence electrons. The standard InChI is InChI=1S/C17H15ClF3NO.C8H14O2.CH5N/c1-2-12-4-5-14(18)8-13(12)9-22-16-6-3-11(10-23)7-15(16)17(19,20)21;1-6-2-4-7(5-3-6)8(9)10;1-2/h3-8,10,22H,2,9H2,1H3;6-7H,2-5H2,1H3,(H,9,10);2H2,1H3. The second kappa shape index (κ2) is 14.7. The lowest BCUT2D eigenvalue weighted by molar-refractivity contribution is -0.143. The number of benzene rings is 2. The number of carboxylic acids is 1. The normalized spacial score (nSPS) is 17.3. The zero-order valence-corrected chi connectivity index (χ0v) is 21.0. The summed E-state index contributed by atoms with van der Waals surface area (Å²) in [5, 5.41) is 12.0. The van der Waals surface area contributed by atoms with Gasteiger partial charge in [-0.1, -0.05) is 31.5 Å². The number of alkyl halides is 3. The van der Waals surface area contributed by atoms with Crippen molar-refractivity contribution in [1.82, 2.24) is 0 Å². The minimum absolute atomic E-state index is 0.0140. The molecule has 2 aromatic rings. The maximum absolute atomic E-state index is 13.1. The third-order valence-electron chi connectivity index (χ3n) is 5.87. The summed E-state index contributed by atoms with van der Waals surface area (Å²) in [6, 6.07) is 8.81. The molecule has 1 fully saturated rings. The molecule has 0 atom stereocenters. The highest BCUT2D eigenvalue weighted by Crippen LogP contribution is 2.35. The van der Waals surface area contributed by atoms with Crippen LogP contribution in [-0.2, 0) is 23.9 Å². The van der Waals surface area contributed by atoms with E-state index in [1.807, 2.05) is 13.0 Å². The fourth-order valence-electron chi connectivity index (χ4n) is 3.83. The van der Waals surface area contributed by atoms with E-state index >= 15 is 0 Å². The number of nitrogens with two attached hydrogens (primary N) is 1. The SMILES string of the molecule is CC1CCC(C(=O)O)CC1.CCc1ccc(Cl)cc1CNc1ccc(C=O)cc1C(F)(F)F.CN. The van der Waals surface area contributed by atoms with E-state index in [1.165, 1.54) is 19.2 Å². The molecule has 4 N–H and O–H groups in total. The highest BCUT2D eigenvalue weighted by atomic mass is 35.5. The average molecular weight is 515 g/mol. The number of aliphatic carboxylic acids is 1. The zero-order chi connectivity index (χ0) is 26.6. The van der Waals surface area contributed by atoms with E-state index < -0.39 is 17.7 Å². The Bertz CT molecular complexity index is 959. The van der Waals surface area contributed by atoms with Crippen LogP contribution in [-0.4, -0.2) is 24.4 Å². The van der Waals surface area contributed by atoms with Gasteiger partial charge in [0.2, 0.25) is 0 Å². The van der Waals surface area contributed by atoms with Crippen LogP contribution in [0.15, 0.2) is 36.4 Å². The molecule has 0 bridgehead atoms. The fraction of sp³-hybridized carbons (Fsp3) is 0.462. The predicted molar refractivity (Wildman–Crippen MR) is 134 cm³/mol. The molecule has 2 aromatic carbocycles. The molecule has 5 nitrogen and oxygen atoms in total. The van der Waals surface area contributed by atoms with Crippen LogP contribution in [0.25, 0.3) is 0 Å². The van der Waals surface area contributed by atoms with E-state index in [1.54, 1.807) is 12.1 Å². The van der Waals surface area contributed by atoms with Gasteiger partial charge in [0, 0.05) is 22.8 Å². The molecule has 1 aliphatic carbocycles. The third kappa shape index (κ3) is 9.90. The molecule has 0 spiro atoms. The molecule has 35 heavy (non-hydrogen) atoms. The monoisotopic (exact) mass is 514 g/mol. The summed E-state index contributed by atoms with van der Waals surface area (Å²) in [4.78, 5) is 21.2. The van der Waals surface area contributed by atoms with Crippen molar-refractivity contribution < 1.29 is 27.9 Å². The van der Waals surface area contributed by atoms with Gasteiger partial charge < -0.3 is 16.2 Å². The molecule has 9 heteroatoms. The van der Waals surface area contributed by atoms with Crippen molar-refractivity contribution in [2.24, 2.45) is 17.6 Å². The first-order valence-electron chi connectivity index (χ1n) is 11.5. The first kappa shape index (κ1) is 30.5. The number of carbonyl (C=O) groups is 2. The highest BCUT2D eigenvalue weighted by molar-refractivity contribution is 6.30. The number of carboxylic acid groups (broad SMARTS) is 1. The lowest BCUT2D eigenvalue weighted by Crippen LogP contribution is -2.19. The van der Waals surface area contributed by atoms with Crippen LogP contribution < -0.4 is 11.1 Å². The summed E-state index contributed by atoms with van der Waals surface area (Å²) < 4.78 is 39.4. The van der Waals surface area contributed by atoms with Crippen LogP contribution in [0.3, 0.4) is 0 Å². The van der Waals surface area contributed by atoms with Gasteiger partial charge in [-0.05, 0) is 86.5 Å². The van der Waals surface area contributed by atoms with Gasteiger partial charge in [0.05, 0.1) is 11.5 Å². The Morgan fingerprint density at radius 1 is 1.11 bits per heavy atom. The van der Waals surface area contributed by atoms with Crippen molar-refractivity contribution in [3.63, 3.8) is 0 Å². The van der Waals surface area contributed by atoms with E-state index in [4.69, 9.17) is 16.7 Å². The molecule has 0 heterocycles. The van der Waals surface area contributed by atoms with Gasteiger partial charge in [-0.15, -0.1) is 0 Å². The van der Waals surface area contributed by atoms with Crippen LogP contribution in [0.2, 0.25) is 5.02 Å². The maximum Gasteiger partial charge on any atom is 0.418 e. The van der Waals surface area contributed by atoms with Crippen LogP contribution in [0, 0.1) is 11.8 Å². The molecule has 3 rings (SSSR count). The van der Waals surface area contributed by atoms with Crippen molar-refractivity contribution in [2.45, 2.75) is 58.7 Å². The number of aryl methyl sites for hydroxylation is 1. The van der Waals surface area contributed by atoms with Crippen LogP contribution >= 0.6 is 11.6 Å². The highest BCUT2D eigenvalue weighted by Gasteiger charge is 2.33. The number of carbonyl (C=O) groups excluding carboxylic acids is 1. The van der Waals surface area contributed by atoms with Crippen molar-refractivity contribution in [2.75, 3.05) is 12.4 Å². The van der Waals surface area contributed by atoms with Crippen LogP contribution in [0.4, 0.5) is 18.9 Å². The topological polar surface area (TPSA) is 92.4 Å². The first-order valence-corrected chi connectivity index (χ1v) is 11.9. The largest absolute Gasteiger partial charge is 0.481 e. The second-order valence-electron chi connectivity index (χ2n) is 8.34. The van der Waals surface area contributed by atoms with E-state index in [2.05, 4.69) is 18.0 Å². The van der Waals surface area contributed by atoms with Crippen molar-refractivity contribution in [1.29, 1.82) is 0 Å². The summed E-state index contributed by atoms with van der Waals surface area (Å²) in [5.74, 6) is 0.0960. The third-order valence-corrected chi connectivity index (χ3v) is 6.10. The summed E-state index contributed by atoms with van der Waals surface area (Å²) in [7, 11) is 1.50. The Kier molecular flexibility index (Phi) is 12.8. The van der Waals surface area contributed by atoms with E-state index in [0.717, 1.165) is 55.2 Å². The number of hydrogen-bond donors (Lipinski definition) is 3. The predicted octanol–water partition coefficient (Wildman–Crippen LogP) is 6.82. The van der Waals surface area contributed by atoms with Gasteiger partial charge >= 0.3 is 12.1 Å². The van der Waals surface area contributed by atoms with E-state index in [-0.39, 0.29) is 23.7 Å². The van der Waals surface area contributed by atoms with Gasteiger partial charge in [0.15, 0.2) is 0 Å². The van der Waals surface area contributed by atoms with E-state index in [0.29, 0.717) is 11.3 Å². The maximum atomic E-state index is 13.1. The Labute approximate surface area is 209 Å². The zero-order valence-electron chi connectivity index (χ0n) is 20.3. The fourth-order valence-corrected chi connectivity index (χ4v) is 4.02. The molecule has 1 aliphatic rings. The number of aldehydes is 1. The molecule has 0 radical (unpaired) electrons. The molecule has 0 aromatic heterocycles. The van der Waals surface area contributed by atoms with Crippen LogP contribution in [0.5, 0.6) is 0 Å². The molecule has 0 saturated heterocycles. The van der Waals surface area contributed by atoms with Gasteiger partial charge in [-0.3, -0.25) is 9.59 Å². The summed E-state index contributed by atoms with van der Waals surface area (Å²) in [5.41, 5.74) is 5.42. The first-order chi connectivity index (χ1) is 16.5. The number of nitrogens with one attached hydrogen (secondary N) is 1. The Balaban J connectivity index is 0.000000425. The molecule has 0 unspecified atom stereocenters. The Morgan fingerprint density at radius 3 is 2.26 bits per heavy atom. The number of rotatable bonds is 6. The van der Waals surface area contributed by atoms with Crippen molar-refractivity contribution >= 4 is 29.5 Å². The summed E-state index contributed by atoms with van der Waals surface area (Å²) in [6.07, 6.45) is 0.569. The molecule has 0 aliphatic heterocycles. The van der Waals surface area contributed by atoms with Gasteiger partial charge in [0.25, 0.3) is 0 Å². The van der Waals surface area contributed by atoms with Gasteiger partial charge in [-0.2, -0.15) is 13.2 Å². The van der Waals surface area contributed by atoms with Crippen LogP contribution in [0.1, 0.15) is 66.6 Å². The van der Waals surface area contributed by atoms with Crippen molar-refractivity contribution in [3.05, 3.63) is 63.7 Å². The number of hydrogen-bond acceptors (Lipinski definition) is 4. The minimum atomic E-state index is -4.54.